The predicted octanol–water partition coefficient (Wildman–Crippen LogP) is 3.26. The molecule has 6 heteroatoms. The molecule has 0 aliphatic carbocycles. The highest BCUT2D eigenvalue weighted by Crippen LogP contribution is 2.27. The third-order valence-corrected chi connectivity index (χ3v) is 3.83. The summed E-state index contributed by atoms with van der Waals surface area (Å²) in [5, 5.41) is 10.4. The number of para-hydroxylation sites is 1. The highest BCUT2D eigenvalue weighted by molar-refractivity contribution is 6.32. The first kappa shape index (κ1) is 16.1. The van der Waals surface area contributed by atoms with Gasteiger partial charge in [0.25, 0.3) is 6.43 Å². The van der Waals surface area contributed by atoms with Crippen LogP contribution in [0.3, 0.4) is 0 Å². The Bertz CT molecular complexity index is 622. The van der Waals surface area contributed by atoms with Crippen LogP contribution in [0.15, 0.2) is 24.3 Å². The number of halogens is 3. The van der Waals surface area contributed by atoms with Crippen LogP contribution in [-0.4, -0.2) is 41.1 Å². The Balaban J connectivity index is 2.34. The standard InChI is InChI=1S/C15H17ClF2N2O/c1-10-11-4-2-3-5-12(11)19-13(15(10)16)8-20(6-7-21)9-14(17)18/h2-5,14,21H,6-9H2,1H3. The highest BCUT2D eigenvalue weighted by atomic mass is 35.5. The van der Waals surface area contributed by atoms with E-state index >= 15 is 0 Å². The number of aryl methyl sites for hydroxylation is 1. The van der Waals surface area contributed by atoms with Gasteiger partial charge in [-0.25, -0.2) is 13.8 Å². The molecule has 2 rings (SSSR count). The summed E-state index contributed by atoms with van der Waals surface area (Å²) >= 11 is 6.31. The molecule has 0 radical (unpaired) electrons. The fourth-order valence-corrected chi connectivity index (χ4v) is 2.51. The molecule has 1 aromatic heterocycles. The quantitative estimate of drug-likeness (QED) is 0.889. The summed E-state index contributed by atoms with van der Waals surface area (Å²) in [7, 11) is 0. The summed E-state index contributed by atoms with van der Waals surface area (Å²) in [6.07, 6.45) is -2.46. The molecule has 3 nitrogen and oxygen atoms in total. The number of alkyl halides is 2. The number of hydrogen-bond donors (Lipinski definition) is 1. The van der Waals surface area contributed by atoms with Gasteiger partial charge in [-0.15, -0.1) is 0 Å². The second-order valence-electron chi connectivity index (χ2n) is 4.86. The van der Waals surface area contributed by atoms with Crippen LogP contribution >= 0.6 is 11.6 Å². The average Bonchev–Trinajstić information content (AvgIpc) is 2.44. The third kappa shape index (κ3) is 3.87. The monoisotopic (exact) mass is 314 g/mol. The van der Waals surface area contributed by atoms with Gasteiger partial charge in [0.05, 0.1) is 29.4 Å². The van der Waals surface area contributed by atoms with Crippen LogP contribution in [0, 0.1) is 6.92 Å². The normalized spacial score (nSPS) is 11.8. The summed E-state index contributed by atoms with van der Waals surface area (Å²) in [5.74, 6) is 0. The lowest BCUT2D eigenvalue weighted by molar-refractivity contribution is 0.0741. The van der Waals surface area contributed by atoms with E-state index in [4.69, 9.17) is 16.7 Å². The molecule has 0 saturated heterocycles. The lowest BCUT2D eigenvalue weighted by atomic mass is 10.1. The van der Waals surface area contributed by atoms with Gasteiger partial charge in [-0.1, -0.05) is 29.8 Å². The zero-order valence-electron chi connectivity index (χ0n) is 11.7. The number of hydrogen-bond acceptors (Lipinski definition) is 3. The second-order valence-corrected chi connectivity index (χ2v) is 5.24. The first-order valence-electron chi connectivity index (χ1n) is 6.68. The number of aromatic nitrogens is 1. The van der Waals surface area contributed by atoms with Crippen LogP contribution in [0.1, 0.15) is 11.3 Å². The first-order valence-corrected chi connectivity index (χ1v) is 7.05. The van der Waals surface area contributed by atoms with E-state index in [1.165, 1.54) is 4.90 Å². The Morgan fingerprint density at radius 1 is 1.33 bits per heavy atom. The number of fused-ring (bicyclic) bond motifs is 1. The van der Waals surface area contributed by atoms with Crippen molar-refractivity contribution in [2.45, 2.75) is 19.9 Å². The maximum absolute atomic E-state index is 12.6. The molecule has 2 aromatic rings. The van der Waals surface area contributed by atoms with Crippen molar-refractivity contribution < 1.29 is 13.9 Å². The zero-order chi connectivity index (χ0) is 15.4. The maximum Gasteiger partial charge on any atom is 0.251 e. The van der Waals surface area contributed by atoms with E-state index in [9.17, 15) is 8.78 Å². The van der Waals surface area contributed by atoms with Crippen molar-refractivity contribution in [3.05, 3.63) is 40.5 Å². The Morgan fingerprint density at radius 3 is 2.71 bits per heavy atom. The number of rotatable bonds is 6. The van der Waals surface area contributed by atoms with E-state index in [-0.39, 0.29) is 19.7 Å². The molecular formula is C15H17ClF2N2O. The second kappa shape index (κ2) is 7.11. The molecule has 1 aromatic carbocycles. The van der Waals surface area contributed by atoms with E-state index in [0.29, 0.717) is 10.7 Å². The van der Waals surface area contributed by atoms with Crippen molar-refractivity contribution >= 4 is 22.5 Å². The van der Waals surface area contributed by atoms with E-state index in [2.05, 4.69) is 4.98 Å². The summed E-state index contributed by atoms with van der Waals surface area (Å²) in [6.45, 7) is 1.64. The Kier molecular flexibility index (Phi) is 5.45. The van der Waals surface area contributed by atoms with Crippen molar-refractivity contribution in [1.82, 2.24) is 9.88 Å². The van der Waals surface area contributed by atoms with E-state index in [0.717, 1.165) is 16.5 Å². The number of nitrogens with zero attached hydrogens (tertiary/aromatic N) is 2. The molecule has 0 bridgehead atoms. The Labute approximate surface area is 127 Å². The number of benzene rings is 1. The molecule has 0 amide bonds. The molecule has 0 saturated carbocycles. The lowest BCUT2D eigenvalue weighted by Gasteiger charge is -2.21. The van der Waals surface area contributed by atoms with Crippen molar-refractivity contribution in [3.8, 4) is 0 Å². The van der Waals surface area contributed by atoms with Gasteiger partial charge in [0, 0.05) is 18.5 Å². The van der Waals surface area contributed by atoms with Gasteiger partial charge in [0.15, 0.2) is 0 Å². The first-order chi connectivity index (χ1) is 10.0. The van der Waals surface area contributed by atoms with E-state index in [1.807, 2.05) is 31.2 Å². The van der Waals surface area contributed by atoms with Gasteiger partial charge in [-0.3, -0.25) is 4.90 Å². The van der Waals surface area contributed by atoms with Crippen LogP contribution in [0.5, 0.6) is 0 Å². The molecule has 0 atom stereocenters. The molecule has 21 heavy (non-hydrogen) atoms. The van der Waals surface area contributed by atoms with Crippen LogP contribution in [0.25, 0.3) is 10.9 Å². The van der Waals surface area contributed by atoms with Gasteiger partial charge < -0.3 is 5.11 Å². The zero-order valence-corrected chi connectivity index (χ0v) is 12.4. The molecule has 1 heterocycles. The van der Waals surface area contributed by atoms with E-state index in [1.54, 1.807) is 0 Å². The number of aliphatic hydroxyl groups excluding tert-OH is 1. The van der Waals surface area contributed by atoms with Crippen molar-refractivity contribution in [2.75, 3.05) is 19.7 Å². The van der Waals surface area contributed by atoms with Crippen LogP contribution < -0.4 is 0 Å². The average molecular weight is 315 g/mol. The molecule has 114 valence electrons. The maximum atomic E-state index is 12.6. The van der Waals surface area contributed by atoms with Gasteiger partial charge in [-0.2, -0.15) is 0 Å². The molecule has 1 N–H and O–H groups in total. The SMILES string of the molecule is Cc1c(Cl)c(CN(CCO)CC(F)F)nc2ccccc12. The molecular weight excluding hydrogens is 298 g/mol. The van der Waals surface area contributed by atoms with Crippen molar-refractivity contribution in [1.29, 1.82) is 0 Å². The fraction of sp³-hybridized carbons (Fsp3) is 0.400. The highest BCUT2D eigenvalue weighted by Gasteiger charge is 2.16. The molecule has 0 fully saturated rings. The minimum absolute atomic E-state index is 0.161. The Hall–Kier alpha value is -1.30. The summed E-state index contributed by atoms with van der Waals surface area (Å²) in [5.41, 5.74) is 2.23. The lowest BCUT2D eigenvalue weighted by Crippen LogP contribution is -2.31. The van der Waals surface area contributed by atoms with Gasteiger partial charge in [0.1, 0.15) is 0 Å². The molecule has 0 unspecified atom stereocenters. The molecule has 0 aliphatic heterocycles. The fourth-order valence-electron chi connectivity index (χ4n) is 2.31. The topological polar surface area (TPSA) is 36.4 Å². The Morgan fingerprint density at radius 2 is 2.05 bits per heavy atom. The summed E-state index contributed by atoms with van der Waals surface area (Å²) in [4.78, 5) is 5.92. The van der Waals surface area contributed by atoms with Crippen molar-refractivity contribution in [2.24, 2.45) is 0 Å². The number of pyridine rings is 1. The van der Waals surface area contributed by atoms with Crippen LogP contribution in [0.2, 0.25) is 5.02 Å². The minimum atomic E-state index is -2.46. The molecule has 0 aliphatic rings. The minimum Gasteiger partial charge on any atom is -0.395 e. The van der Waals surface area contributed by atoms with Crippen LogP contribution in [0.4, 0.5) is 8.78 Å². The largest absolute Gasteiger partial charge is 0.395 e. The van der Waals surface area contributed by atoms with E-state index < -0.39 is 13.0 Å². The van der Waals surface area contributed by atoms with Gasteiger partial charge in [0.2, 0.25) is 0 Å². The number of aliphatic hydroxyl groups is 1. The molecule has 0 spiro atoms. The predicted molar refractivity (Wildman–Crippen MR) is 79.9 cm³/mol. The van der Waals surface area contributed by atoms with Gasteiger partial charge in [-0.05, 0) is 18.6 Å². The van der Waals surface area contributed by atoms with Gasteiger partial charge >= 0.3 is 0 Å². The van der Waals surface area contributed by atoms with Crippen LogP contribution in [-0.2, 0) is 6.54 Å². The van der Waals surface area contributed by atoms with Crippen molar-refractivity contribution in [3.63, 3.8) is 0 Å². The summed E-state index contributed by atoms with van der Waals surface area (Å²) in [6, 6.07) is 7.57. The summed E-state index contributed by atoms with van der Waals surface area (Å²) < 4.78 is 25.1. The third-order valence-electron chi connectivity index (χ3n) is 3.33. The smallest absolute Gasteiger partial charge is 0.251 e.